The van der Waals surface area contributed by atoms with E-state index in [4.69, 9.17) is 14.2 Å². The van der Waals surface area contributed by atoms with Gasteiger partial charge in [-0.15, -0.1) is 0 Å². The number of rotatable bonds is 36. The summed E-state index contributed by atoms with van der Waals surface area (Å²) in [5, 5.41) is 0. The summed E-state index contributed by atoms with van der Waals surface area (Å²) < 4.78 is 16.5. The number of unbranched alkanes of at least 4 members (excludes halogenated alkanes) is 15. The Kier molecular flexibility index (Phi) is 37.6. The SMILES string of the molecule is CC/C=C\C/C=C\C/C=C\C/C=C\CCCCCCC(=O)OCC(COC(=O)CCCCCCCC)OC(=O)CCCCCCC/C=C\CCC. The molecule has 0 aliphatic carbocycles. The number of carbonyl (C=O) groups excluding carboxylic acids is 3. The van der Waals surface area contributed by atoms with Crippen LogP contribution in [0, 0.1) is 0 Å². The van der Waals surface area contributed by atoms with Crippen LogP contribution in [0.3, 0.4) is 0 Å². The van der Waals surface area contributed by atoms with Crippen LogP contribution in [0.2, 0.25) is 0 Å². The van der Waals surface area contributed by atoms with Crippen LogP contribution < -0.4 is 0 Å². The number of esters is 3. The average Bonchev–Trinajstić information content (AvgIpc) is 3.13. The van der Waals surface area contributed by atoms with E-state index in [9.17, 15) is 14.4 Å². The Balaban J connectivity index is 4.33. The van der Waals surface area contributed by atoms with Crippen LogP contribution in [-0.4, -0.2) is 37.2 Å². The molecule has 0 radical (unpaired) electrons. The molecule has 0 aliphatic rings. The van der Waals surface area contributed by atoms with Crippen molar-refractivity contribution in [1.29, 1.82) is 0 Å². The molecule has 0 saturated heterocycles. The van der Waals surface area contributed by atoms with E-state index in [-0.39, 0.29) is 31.1 Å². The topological polar surface area (TPSA) is 78.9 Å². The third-order valence-electron chi connectivity index (χ3n) is 8.49. The van der Waals surface area contributed by atoms with Gasteiger partial charge in [-0.05, 0) is 77.0 Å². The van der Waals surface area contributed by atoms with Crippen molar-refractivity contribution in [3.05, 3.63) is 60.8 Å². The van der Waals surface area contributed by atoms with Gasteiger partial charge in [0.1, 0.15) is 13.2 Å². The summed E-state index contributed by atoms with van der Waals surface area (Å²) in [6.07, 6.45) is 46.5. The molecule has 0 aromatic carbocycles. The largest absolute Gasteiger partial charge is 0.462 e. The summed E-state index contributed by atoms with van der Waals surface area (Å²) in [5.74, 6) is -0.940. The van der Waals surface area contributed by atoms with Crippen molar-refractivity contribution >= 4 is 17.9 Å². The van der Waals surface area contributed by atoms with E-state index in [0.717, 1.165) is 116 Å². The van der Waals surface area contributed by atoms with Crippen molar-refractivity contribution in [3.8, 4) is 0 Å². The van der Waals surface area contributed by atoms with Gasteiger partial charge in [0.2, 0.25) is 0 Å². The fourth-order valence-electron chi connectivity index (χ4n) is 5.37. The van der Waals surface area contributed by atoms with E-state index < -0.39 is 6.10 Å². The molecule has 292 valence electrons. The molecule has 0 N–H and O–H groups in total. The molecule has 6 nitrogen and oxygen atoms in total. The van der Waals surface area contributed by atoms with Gasteiger partial charge in [0, 0.05) is 19.3 Å². The Morgan fingerprint density at radius 3 is 1.29 bits per heavy atom. The molecule has 1 atom stereocenters. The molecular formula is C45H76O6. The van der Waals surface area contributed by atoms with Crippen LogP contribution in [0.1, 0.15) is 188 Å². The van der Waals surface area contributed by atoms with Crippen LogP contribution in [0.5, 0.6) is 0 Å². The molecule has 1 unspecified atom stereocenters. The van der Waals surface area contributed by atoms with Crippen molar-refractivity contribution in [2.45, 2.75) is 194 Å². The first-order valence-corrected chi connectivity index (χ1v) is 20.8. The minimum Gasteiger partial charge on any atom is -0.462 e. The van der Waals surface area contributed by atoms with Crippen LogP contribution in [0.15, 0.2) is 60.8 Å². The maximum absolute atomic E-state index is 12.6. The van der Waals surface area contributed by atoms with Gasteiger partial charge in [-0.1, -0.05) is 152 Å². The standard InChI is InChI=1S/C45H76O6/c1-4-7-10-13-16-18-20-21-22-23-24-25-26-28-29-32-35-38-44(47)50-41-42(40-49-43(46)37-34-31-15-12-9-6-3)51-45(48)39-36-33-30-27-19-17-14-11-8-5-2/h7,10-11,14,16,18,21-22,24-25,42H,4-6,8-9,12-13,15,17,19-20,23,26-41H2,1-3H3/b10-7-,14-11-,18-16-,22-21-,25-24-. The predicted molar refractivity (Wildman–Crippen MR) is 215 cm³/mol. The van der Waals surface area contributed by atoms with E-state index in [1.54, 1.807) is 0 Å². The summed E-state index contributed by atoms with van der Waals surface area (Å²) in [6.45, 7) is 6.34. The van der Waals surface area contributed by atoms with E-state index in [1.165, 1.54) is 32.1 Å². The van der Waals surface area contributed by atoms with Crippen molar-refractivity contribution in [2.24, 2.45) is 0 Å². The van der Waals surface area contributed by atoms with Crippen molar-refractivity contribution in [1.82, 2.24) is 0 Å². The molecule has 0 amide bonds. The number of hydrogen-bond acceptors (Lipinski definition) is 6. The van der Waals surface area contributed by atoms with E-state index in [1.807, 2.05) is 0 Å². The van der Waals surface area contributed by atoms with E-state index in [2.05, 4.69) is 81.5 Å². The Morgan fingerprint density at radius 1 is 0.412 bits per heavy atom. The zero-order chi connectivity index (χ0) is 37.3. The first kappa shape index (κ1) is 48.1. The summed E-state index contributed by atoms with van der Waals surface area (Å²) in [6, 6.07) is 0. The Morgan fingerprint density at radius 2 is 0.804 bits per heavy atom. The minimum atomic E-state index is -0.782. The second-order valence-corrected chi connectivity index (χ2v) is 13.5. The molecule has 0 heterocycles. The van der Waals surface area contributed by atoms with E-state index in [0.29, 0.717) is 19.3 Å². The van der Waals surface area contributed by atoms with Crippen molar-refractivity contribution in [2.75, 3.05) is 13.2 Å². The lowest BCUT2D eigenvalue weighted by Gasteiger charge is -2.18. The highest BCUT2D eigenvalue weighted by Crippen LogP contribution is 2.12. The van der Waals surface area contributed by atoms with Gasteiger partial charge >= 0.3 is 17.9 Å². The van der Waals surface area contributed by atoms with Crippen molar-refractivity contribution < 1.29 is 28.6 Å². The van der Waals surface area contributed by atoms with Crippen LogP contribution in [0.25, 0.3) is 0 Å². The normalized spacial score (nSPS) is 12.6. The molecule has 0 rings (SSSR count). The second kappa shape index (κ2) is 39.9. The molecular weight excluding hydrogens is 636 g/mol. The Bertz CT molecular complexity index is 960. The Hall–Kier alpha value is -2.89. The third-order valence-corrected chi connectivity index (χ3v) is 8.49. The fourth-order valence-corrected chi connectivity index (χ4v) is 5.37. The Labute approximate surface area is 313 Å². The highest BCUT2D eigenvalue weighted by molar-refractivity contribution is 5.71. The van der Waals surface area contributed by atoms with Gasteiger partial charge in [-0.3, -0.25) is 14.4 Å². The van der Waals surface area contributed by atoms with Gasteiger partial charge in [0.05, 0.1) is 0 Å². The zero-order valence-corrected chi connectivity index (χ0v) is 33.1. The van der Waals surface area contributed by atoms with Crippen molar-refractivity contribution in [3.63, 3.8) is 0 Å². The van der Waals surface area contributed by atoms with Crippen LogP contribution in [-0.2, 0) is 28.6 Å². The van der Waals surface area contributed by atoms with Crippen LogP contribution in [0.4, 0.5) is 0 Å². The van der Waals surface area contributed by atoms with E-state index >= 15 is 0 Å². The summed E-state index contributed by atoms with van der Waals surface area (Å²) in [5.41, 5.74) is 0. The quantitative estimate of drug-likeness (QED) is 0.0278. The molecule has 0 aromatic heterocycles. The number of hydrogen-bond donors (Lipinski definition) is 0. The lowest BCUT2D eigenvalue weighted by molar-refractivity contribution is -0.167. The molecule has 6 heteroatoms. The molecule has 0 spiro atoms. The molecule has 0 saturated carbocycles. The van der Waals surface area contributed by atoms with Gasteiger partial charge in [-0.2, -0.15) is 0 Å². The first-order valence-electron chi connectivity index (χ1n) is 20.8. The van der Waals surface area contributed by atoms with Gasteiger partial charge in [0.25, 0.3) is 0 Å². The summed E-state index contributed by atoms with van der Waals surface area (Å²) >= 11 is 0. The monoisotopic (exact) mass is 713 g/mol. The predicted octanol–water partition coefficient (Wildman–Crippen LogP) is 13.0. The number of carbonyl (C=O) groups is 3. The number of ether oxygens (including phenoxy) is 3. The molecule has 0 bridgehead atoms. The third kappa shape index (κ3) is 38.2. The smallest absolute Gasteiger partial charge is 0.306 e. The molecule has 0 aliphatic heterocycles. The highest BCUT2D eigenvalue weighted by Gasteiger charge is 2.19. The van der Waals surface area contributed by atoms with Gasteiger partial charge in [-0.25, -0.2) is 0 Å². The van der Waals surface area contributed by atoms with Gasteiger partial charge < -0.3 is 14.2 Å². The second-order valence-electron chi connectivity index (χ2n) is 13.5. The maximum Gasteiger partial charge on any atom is 0.306 e. The van der Waals surface area contributed by atoms with Gasteiger partial charge in [0.15, 0.2) is 6.10 Å². The first-order chi connectivity index (χ1) is 25.0. The number of allylic oxidation sites excluding steroid dienone is 10. The fraction of sp³-hybridized carbons (Fsp3) is 0.711. The highest BCUT2D eigenvalue weighted by atomic mass is 16.6. The maximum atomic E-state index is 12.6. The molecule has 51 heavy (non-hydrogen) atoms. The molecule has 0 fully saturated rings. The summed E-state index contributed by atoms with van der Waals surface area (Å²) in [4.78, 5) is 37.4. The lowest BCUT2D eigenvalue weighted by Crippen LogP contribution is -2.30. The average molecular weight is 713 g/mol. The zero-order valence-electron chi connectivity index (χ0n) is 33.1. The lowest BCUT2D eigenvalue weighted by atomic mass is 10.1. The molecule has 0 aromatic rings. The summed E-state index contributed by atoms with van der Waals surface area (Å²) in [7, 11) is 0. The minimum absolute atomic E-state index is 0.0868. The van der Waals surface area contributed by atoms with Crippen LogP contribution >= 0.6 is 0 Å².